The van der Waals surface area contributed by atoms with Gasteiger partial charge in [-0.25, -0.2) is 0 Å². The molecule has 0 bridgehead atoms. The van der Waals surface area contributed by atoms with Crippen LogP contribution in [-0.2, 0) is 11.4 Å². The third-order valence-corrected chi connectivity index (χ3v) is 4.56. The maximum absolute atomic E-state index is 12.4. The van der Waals surface area contributed by atoms with Crippen molar-refractivity contribution < 1.29 is 19.4 Å². The summed E-state index contributed by atoms with van der Waals surface area (Å²) < 4.78 is 10.8. The molecule has 1 aliphatic rings. The fraction of sp³-hybridized carbons (Fsp3) is 0.350. The van der Waals surface area contributed by atoms with Gasteiger partial charge in [0.2, 0.25) is 0 Å². The third kappa shape index (κ3) is 4.26. The zero-order chi connectivity index (χ0) is 18.4. The van der Waals surface area contributed by atoms with Crippen LogP contribution in [0.3, 0.4) is 0 Å². The molecule has 0 aliphatic carbocycles. The van der Waals surface area contributed by atoms with Gasteiger partial charge in [0.1, 0.15) is 11.5 Å². The van der Waals surface area contributed by atoms with E-state index in [0.717, 1.165) is 24.5 Å². The summed E-state index contributed by atoms with van der Waals surface area (Å²) in [6.07, 6.45) is 0. The van der Waals surface area contributed by atoms with Gasteiger partial charge >= 0.3 is 0 Å². The maximum atomic E-state index is 12.4. The van der Waals surface area contributed by atoms with E-state index in [1.54, 1.807) is 19.2 Å². The highest BCUT2D eigenvalue weighted by molar-refractivity contribution is 5.78. The van der Waals surface area contributed by atoms with Gasteiger partial charge in [-0.05, 0) is 30.3 Å². The van der Waals surface area contributed by atoms with Gasteiger partial charge in [0, 0.05) is 37.4 Å². The van der Waals surface area contributed by atoms with Crippen molar-refractivity contribution >= 4 is 11.6 Å². The molecule has 0 atom stereocenters. The number of amides is 1. The number of aliphatic hydroxyl groups excluding tert-OH is 1. The van der Waals surface area contributed by atoms with Crippen LogP contribution in [0.1, 0.15) is 5.56 Å². The van der Waals surface area contributed by atoms with Gasteiger partial charge < -0.3 is 24.4 Å². The first-order valence-electron chi connectivity index (χ1n) is 8.69. The second-order valence-corrected chi connectivity index (χ2v) is 6.12. The first kappa shape index (κ1) is 18.1. The van der Waals surface area contributed by atoms with E-state index in [1.165, 1.54) is 0 Å². The van der Waals surface area contributed by atoms with Gasteiger partial charge in [-0.3, -0.25) is 4.79 Å². The molecule has 1 saturated heterocycles. The summed E-state index contributed by atoms with van der Waals surface area (Å²) in [7, 11) is 1.65. The Bertz CT molecular complexity index is 725. The molecule has 0 saturated carbocycles. The van der Waals surface area contributed by atoms with E-state index < -0.39 is 0 Å². The van der Waals surface area contributed by atoms with Crippen LogP contribution in [0.25, 0.3) is 0 Å². The Kier molecular flexibility index (Phi) is 5.96. The van der Waals surface area contributed by atoms with E-state index in [1.807, 2.05) is 41.3 Å². The number of nitrogens with zero attached hydrogens (tertiary/aromatic N) is 2. The molecule has 0 aromatic heterocycles. The molecule has 138 valence electrons. The number of rotatable bonds is 6. The molecule has 26 heavy (non-hydrogen) atoms. The lowest BCUT2D eigenvalue weighted by Crippen LogP contribution is -2.50. The minimum absolute atomic E-state index is 0.0143. The summed E-state index contributed by atoms with van der Waals surface area (Å²) in [6.45, 7) is 2.77. The molecule has 1 heterocycles. The van der Waals surface area contributed by atoms with Gasteiger partial charge in [0.05, 0.1) is 13.7 Å². The normalized spacial score (nSPS) is 14.2. The largest absolute Gasteiger partial charge is 0.497 e. The number of piperazine rings is 1. The smallest absolute Gasteiger partial charge is 0.260 e. The third-order valence-electron chi connectivity index (χ3n) is 4.56. The van der Waals surface area contributed by atoms with E-state index >= 15 is 0 Å². The molecule has 1 N–H and O–H groups in total. The fourth-order valence-corrected chi connectivity index (χ4v) is 3.01. The van der Waals surface area contributed by atoms with Crippen LogP contribution in [0.4, 0.5) is 5.69 Å². The van der Waals surface area contributed by atoms with Crippen LogP contribution < -0.4 is 14.4 Å². The number of benzene rings is 2. The Morgan fingerprint density at radius 2 is 1.73 bits per heavy atom. The molecule has 6 heteroatoms. The Balaban J connectivity index is 1.50. The Morgan fingerprint density at radius 3 is 2.38 bits per heavy atom. The van der Waals surface area contributed by atoms with Crippen molar-refractivity contribution in [3.05, 3.63) is 54.1 Å². The Morgan fingerprint density at radius 1 is 1.04 bits per heavy atom. The summed E-state index contributed by atoms with van der Waals surface area (Å²) in [4.78, 5) is 16.5. The summed E-state index contributed by atoms with van der Waals surface area (Å²) in [5.74, 6) is 1.36. The monoisotopic (exact) mass is 356 g/mol. The highest BCUT2D eigenvalue weighted by Crippen LogP contribution is 2.21. The van der Waals surface area contributed by atoms with E-state index in [-0.39, 0.29) is 19.1 Å². The number of ether oxygens (including phenoxy) is 2. The molecule has 0 unspecified atom stereocenters. The average molecular weight is 356 g/mol. The summed E-state index contributed by atoms with van der Waals surface area (Å²) in [5.41, 5.74) is 1.82. The highest BCUT2D eigenvalue weighted by atomic mass is 16.5. The van der Waals surface area contributed by atoms with Gasteiger partial charge in [-0.2, -0.15) is 0 Å². The van der Waals surface area contributed by atoms with Crippen molar-refractivity contribution in [1.29, 1.82) is 0 Å². The Hall–Kier alpha value is -2.73. The average Bonchev–Trinajstić information content (AvgIpc) is 2.72. The molecule has 1 amide bonds. The van der Waals surface area contributed by atoms with Crippen LogP contribution in [-0.4, -0.2) is 55.8 Å². The van der Waals surface area contributed by atoms with Crippen LogP contribution in [0.5, 0.6) is 11.5 Å². The second-order valence-electron chi connectivity index (χ2n) is 6.12. The molecule has 6 nitrogen and oxygen atoms in total. The molecule has 0 spiro atoms. The standard InChI is InChI=1S/C20H24N2O4/c1-25-18-8-6-17(7-9-18)21-10-12-22(13-11-21)20(24)15-26-19-5-3-2-4-16(19)14-23/h2-9,23H,10-15H2,1H3. The number of aliphatic hydroxyl groups is 1. The minimum Gasteiger partial charge on any atom is -0.497 e. The first-order valence-corrected chi connectivity index (χ1v) is 8.69. The molecule has 3 rings (SSSR count). The Labute approximate surface area is 153 Å². The molecule has 1 fully saturated rings. The highest BCUT2D eigenvalue weighted by Gasteiger charge is 2.21. The van der Waals surface area contributed by atoms with Crippen LogP contribution in [0, 0.1) is 0 Å². The lowest BCUT2D eigenvalue weighted by Gasteiger charge is -2.36. The van der Waals surface area contributed by atoms with Crippen molar-refractivity contribution in [3.63, 3.8) is 0 Å². The predicted octanol–water partition coefficient (Wildman–Crippen LogP) is 1.92. The van der Waals surface area contributed by atoms with Gasteiger partial charge in [0.15, 0.2) is 6.61 Å². The van der Waals surface area contributed by atoms with Crippen LogP contribution >= 0.6 is 0 Å². The zero-order valence-corrected chi connectivity index (χ0v) is 14.9. The lowest BCUT2D eigenvalue weighted by atomic mass is 10.2. The first-order chi connectivity index (χ1) is 12.7. The van der Waals surface area contributed by atoms with Gasteiger partial charge in [0.25, 0.3) is 5.91 Å². The summed E-state index contributed by atoms with van der Waals surface area (Å²) in [6, 6.07) is 15.2. The van der Waals surface area contributed by atoms with Crippen molar-refractivity contribution in [2.24, 2.45) is 0 Å². The predicted molar refractivity (Wildman–Crippen MR) is 99.6 cm³/mol. The van der Waals surface area contributed by atoms with E-state index in [0.29, 0.717) is 24.4 Å². The molecule has 2 aromatic carbocycles. The van der Waals surface area contributed by atoms with Crippen molar-refractivity contribution in [2.75, 3.05) is 44.8 Å². The minimum atomic E-state index is -0.106. The molecule has 2 aromatic rings. The number of para-hydroxylation sites is 1. The van der Waals surface area contributed by atoms with Crippen molar-refractivity contribution in [1.82, 2.24) is 4.90 Å². The fourth-order valence-electron chi connectivity index (χ4n) is 3.01. The number of anilines is 1. The lowest BCUT2D eigenvalue weighted by molar-refractivity contribution is -0.133. The topological polar surface area (TPSA) is 62.2 Å². The van der Waals surface area contributed by atoms with Crippen molar-refractivity contribution in [3.8, 4) is 11.5 Å². The molecule has 1 aliphatic heterocycles. The van der Waals surface area contributed by atoms with E-state index in [2.05, 4.69) is 4.90 Å². The van der Waals surface area contributed by atoms with Gasteiger partial charge in [-0.15, -0.1) is 0 Å². The van der Waals surface area contributed by atoms with Crippen LogP contribution in [0.2, 0.25) is 0 Å². The van der Waals surface area contributed by atoms with Crippen molar-refractivity contribution in [2.45, 2.75) is 6.61 Å². The second kappa shape index (κ2) is 8.58. The van der Waals surface area contributed by atoms with E-state index in [4.69, 9.17) is 9.47 Å². The number of carbonyl (C=O) groups is 1. The maximum Gasteiger partial charge on any atom is 0.260 e. The van der Waals surface area contributed by atoms with Gasteiger partial charge in [-0.1, -0.05) is 18.2 Å². The molecular formula is C20H24N2O4. The van der Waals surface area contributed by atoms with Crippen LogP contribution in [0.15, 0.2) is 48.5 Å². The van der Waals surface area contributed by atoms with E-state index in [9.17, 15) is 9.90 Å². The molecular weight excluding hydrogens is 332 g/mol. The quantitative estimate of drug-likeness (QED) is 0.857. The number of methoxy groups -OCH3 is 1. The SMILES string of the molecule is COc1ccc(N2CCN(C(=O)COc3ccccc3CO)CC2)cc1. The zero-order valence-electron chi connectivity index (χ0n) is 14.9. The molecule has 0 radical (unpaired) electrons. The number of hydrogen-bond donors (Lipinski definition) is 1. The number of hydrogen-bond acceptors (Lipinski definition) is 5. The summed E-state index contributed by atoms with van der Waals surface area (Å²) >= 11 is 0. The summed E-state index contributed by atoms with van der Waals surface area (Å²) in [5, 5.41) is 9.31. The number of carbonyl (C=O) groups excluding carboxylic acids is 1.